The highest BCUT2D eigenvalue weighted by molar-refractivity contribution is 5.49. The quantitative estimate of drug-likeness (QED) is 0.794. The molecule has 1 rings (SSSR count). The number of piperidine rings is 1. The fourth-order valence-electron chi connectivity index (χ4n) is 2.64. The molecule has 0 bridgehead atoms. The van der Waals surface area contributed by atoms with E-state index in [0.717, 1.165) is 38.3 Å². The lowest BCUT2D eigenvalue weighted by Crippen LogP contribution is -2.48. The van der Waals surface area contributed by atoms with Crippen LogP contribution in [0.1, 0.15) is 46.5 Å². The number of hydrogen-bond donors (Lipinski definition) is 1. The number of carbonyl (C=O) groups excluding carboxylic acids is 1. The van der Waals surface area contributed by atoms with E-state index in [1.165, 1.54) is 6.42 Å². The third-order valence-electron chi connectivity index (χ3n) is 3.64. The molecule has 2 unspecified atom stereocenters. The lowest BCUT2D eigenvalue weighted by atomic mass is 9.76. The number of likely N-dealkylation sites (tertiary alicyclic amines) is 1. The molecule has 1 radical (unpaired) electrons. The maximum absolute atomic E-state index is 10.9. The van der Waals surface area contributed by atoms with Gasteiger partial charge in [-0.05, 0) is 43.6 Å². The van der Waals surface area contributed by atoms with Gasteiger partial charge in [-0.1, -0.05) is 20.8 Å². The van der Waals surface area contributed by atoms with Crippen molar-refractivity contribution in [3.05, 3.63) is 0 Å². The summed E-state index contributed by atoms with van der Waals surface area (Å²) in [5.41, 5.74) is 5.70. The number of amides is 1. The minimum atomic E-state index is 0.152. The molecule has 93 valence electrons. The standard InChI is InChI=1S/C13H25N2O/c1-13(2,3)12-9-11(5-4-7-14)6-8-15(12)10-16/h11-12H,4-9,14H2,1-3H3. The maximum atomic E-state index is 10.9. The monoisotopic (exact) mass is 225 g/mol. The smallest absolute Gasteiger partial charge is 0.312 e. The van der Waals surface area contributed by atoms with Gasteiger partial charge in [0.25, 0.3) is 0 Å². The first-order valence-corrected chi connectivity index (χ1v) is 6.33. The zero-order valence-electron chi connectivity index (χ0n) is 10.8. The molecule has 0 aliphatic carbocycles. The molecule has 0 aromatic heterocycles. The van der Waals surface area contributed by atoms with Crippen LogP contribution >= 0.6 is 0 Å². The van der Waals surface area contributed by atoms with Crippen molar-refractivity contribution in [2.24, 2.45) is 17.1 Å². The SMILES string of the molecule is CC(C)(C)C1CC(CCCN)CCN1[C]=O. The van der Waals surface area contributed by atoms with Crippen molar-refractivity contribution in [3.8, 4) is 0 Å². The summed E-state index contributed by atoms with van der Waals surface area (Å²) in [6, 6.07) is 0.335. The maximum Gasteiger partial charge on any atom is 0.312 e. The summed E-state index contributed by atoms with van der Waals surface area (Å²) in [7, 11) is 0. The predicted octanol–water partition coefficient (Wildman–Crippen LogP) is 1.92. The Hall–Kier alpha value is -0.570. The Morgan fingerprint density at radius 3 is 2.62 bits per heavy atom. The molecule has 1 amide bonds. The molecule has 1 heterocycles. The Bertz CT molecular complexity index is 222. The minimum absolute atomic E-state index is 0.152. The highest BCUT2D eigenvalue weighted by Crippen LogP contribution is 2.35. The molecule has 1 aliphatic rings. The average Bonchev–Trinajstić information content (AvgIpc) is 2.24. The van der Waals surface area contributed by atoms with Crippen LogP contribution in [0.4, 0.5) is 0 Å². The zero-order valence-corrected chi connectivity index (χ0v) is 10.8. The molecule has 1 aliphatic heterocycles. The Morgan fingerprint density at radius 2 is 2.12 bits per heavy atom. The second kappa shape index (κ2) is 5.67. The third kappa shape index (κ3) is 3.48. The molecule has 2 atom stereocenters. The van der Waals surface area contributed by atoms with E-state index < -0.39 is 0 Å². The number of nitrogens with two attached hydrogens (primary N) is 1. The predicted molar refractivity (Wildman–Crippen MR) is 66.7 cm³/mol. The molecule has 1 fully saturated rings. The van der Waals surface area contributed by atoms with Gasteiger partial charge in [0, 0.05) is 12.6 Å². The summed E-state index contributed by atoms with van der Waals surface area (Å²) in [4.78, 5) is 12.8. The molecule has 0 spiro atoms. The van der Waals surface area contributed by atoms with Crippen molar-refractivity contribution in [1.82, 2.24) is 4.90 Å². The van der Waals surface area contributed by atoms with Crippen LogP contribution in [0.3, 0.4) is 0 Å². The normalized spacial score (nSPS) is 26.9. The van der Waals surface area contributed by atoms with E-state index in [2.05, 4.69) is 27.2 Å². The van der Waals surface area contributed by atoms with Crippen LogP contribution in [-0.4, -0.2) is 30.4 Å². The Kier molecular flexibility index (Phi) is 4.78. The third-order valence-corrected chi connectivity index (χ3v) is 3.64. The van der Waals surface area contributed by atoms with E-state index in [4.69, 9.17) is 5.73 Å². The van der Waals surface area contributed by atoms with E-state index in [-0.39, 0.29) is 5.41 Å². The van der Waals surface area contributed by atoms with Crippen LogP contribution in [0.2, 0.25) is 0 Å². The highest BCUT2D eigenvalue weighted by atomic mass is 16.1. The van der Waals surface area contributed by atoms with Crippen molar-refractivity contribution >= 4 is 6.41 Å². The largest absolute Gasteiger partial charge is 0.331 e. The number of hydrogen-bond acceptors (Lipinski definition) is 2. The van der Waals surface area contributed by atoms with E-state index in [1.807, 2.05) is 4.90 Å². The fourth-order valence-corrected chi connectivity index (χ4v) is 2.64. The second-order valence-corrected chi connectivity index (χ2v) is 5.99. The first-order valence-electron chi connectivity index (χ1n) is 6.33. The van der Waals surface area contributed by atoms with Crippen molar-refractivity contribution in [2.45, 2.75) is 52.5 Å². The van der Waals surface area contributed by atoms with Gasteiger partial charge < -0.3 is 10.6 Å². The molecular formula is C13H25N2O. The van der Waals surface area contributed by atoms with Gasteiger partial charge in [0.15, 0.2) is 0 Å². The lowest BCUT2D eigenvalue weighted by Gasteiger charge is -2.43. The van der Waals surface area contributed by atoms with Crippen LogP contribution in [0, 0.1) is 11.3 Å². The first kappa shape index (κ1) is 13.5. The molecule has 0 aromatic carbocycles. The van der Waals surface area contributed by atoms with Gasteiger partial charge in [-0.3, -0.25) is 4.79 Å². The Morgan fingerprint density at radius 1 is 1.44 bits per heavy atom. The lowest BCUT2D eigenvalue weighted by molar-refractivity contribution is 0.0874. The van der Waals surface area contributed by atoms with Crippen molar-refractivity contribution in [1.29, 1.82) is 0 Å². The van der Waals surface area contributed by atoms with Crippen LogP contribution in [0.15, 0.2) is 0 Å². The van der Waals surface area contributed by atoms with Gasteiger partial charge in [-0.25, -0.2) is 0 Å². The van der Waals surface area contributed by atoms with E-state index in [9.17, 15) is 4.79 Å². The molecular weight excluding hydrogens is 200 g/mol. The molecule has 2 N–H and O–H groups in total. The highest BCUT2D eigenvalue weighted by Gasteiger charge is 2.35. The molecule has 1 saturated heterocycles. The van der Waals surface area contributed by atoms with Crippen LogP contribution < -0.4 is 5.73 Å². The zero-order chi connectivity index (χ0) is 12.2. The van der Waals surface area contributed by atoms with Gasteiger partial charge >= 0.3 is 6.41 Å². The summed E-state index contributed by atoms with van der Waals surface area (Å²) < 4.78 is 0. The Labute approximate surface area is 99.4 Å². The van der Waals surface area contributed by atoms with Gasteiger partial charge in [-0.2, -0.15) is 0 Å². The molecule has 3 nitrogen and oxygen atoms in total. The van der Waals surface area contributed by atoms with Gasteiger partial charge in [0.2, 0.25) is 0 Å². The van der Waals surface area contributed by atoms with E-state index >= 15 is 0 Å². The second-order valence-electron chi connectivity index (χ2n) is 5.99. The van der Waals surface area contributed by atoms with Gasteiger partial charge in [0.1, 0.15) is 0 Å². The van der Waals surface area contributed by atoms with Crippen molar-refractivity contribution < 1.29 is 4.79 Å². The van der Waals surface area contributed by atoms with Crippen molar-refractivity contribution in [3.63, 3.8) is 0 Å². The van der Waals surface area contributed by atoms with E-state index in [1.54, 1.807) is 0 Å². The first-order chi connectivity index (χ1) is 7.49. The average molecular weight is 225 g/mol. The van der Waals surface area contributed by atoms with Crippen LogP contribution in [0.25, 0.3) is 0 Å². The van der Waals surface area contributed by atoms with E-state index in [0.29, 0.717) is 6.04 Å². The van der Waals surface area contributed by atoms with Crippen LogP contribution in [0.5, 0.6) is 0 Å². The summed E-state index contributed by atoms with van der Waals surface area (Å²) in [6.07, 6.45) is 6.63. The summed E-state index contributed by atoms with van der Waals surface area (Å²) in [5, 5.41) is 0. The number of rotatable bonds is 4. The summed E-state index contributed by atoms with van der Waals surface area (Å²) in [6.45, 7) is 8.24. The van der Waals surface area contributed by atoms with Crippen molar-refractivity contribution in [2.75, 3.05) is 13.1 Å². The molecule has 0 aromatic rings. The van der Waals surface area contributed by atoms with Gasteiger partial charge in [-0.15, -0.1) is 0 Å². The topological polar surface area (TPSA) is 46.3 Å². The number of nitrogens with zero attached hydrogens (tertiary/aromatic N) is 1. The molecule has 0 saturated carbocycles. The molecule has 16 heavy (non-hydrogen) atoms. The van der Waals surface area contributed by atoms with Gasteiger partial charge in [0.05, 0.1) is 0 Å². The Balaban J connectivity index is 2.58. The molecule has 3 heteroatoms. The summed E-state index contributed by atoms with van der Waals surface area (Å²) >= 11 is 0. The minimum Gasteiger partial charge on any atom is -0.331 e. The van der Waals surface area contributed by atoms with Crippen LogP contribution in [-0.2, 0) is 4.79 Å². The fraction of sp³-hybridized carbons (Fsp3) is 0.923. The summed E-state index contributed by atoms with van der Waals surface area (Å²) in [5.74, 6) is 0.734.